The summed E-state index contributed by atoms with van der Waals surface area (Å²) in [6, 6.07) is 0. The summed E-state index contributed by atoms with van der Waals surface area (Å²) in [7, 11) is 2.14. The van der Waals surface area contributed by atoms with Gasteiger partial charge >= 0.3 is 0 Å². The molecular weight excluding hydrogens is 124 g/mol. The lowest BCUT2D eigenvalue weighted by Crippen LogP contribution is -2.45. The van der Waals surface area contributed by atoms with Crippen LogP contribution in [-0.2, 0) is 0 Å². The van der Waals surface area contributed by atoms with Crippen molar-refractivity contribution in [3.63, 3.8) is 0 Å². The minimum absolute atomic E-state index is 1.10. The van der Waals surface area contributed by atoms with Crippen molar-refractivity contribution in [3.05, 3.63) is 0 Å². The fourth-order valence-electron chi connectivity index (χ4n) is 1.03. The molecule has 0 bridgehead atoms. The van der Waals surface area contributed by atoms with Crippen molar-refractivity contribution in [3.8, 4) is 0 Å². The van der Waals surface area contributed by atoms with E-state index in [0.717, 1.165) is 13.1 Å². The Bertz CT molecular complexity index is 73.7. The van der Waals surface area contributed by atoms with Gasteiger partial charge in [-0.25, -0.2) is 0 Å². The third-order valence-corrected chi connectivity index (χ3v) is 1.79. The quantitative estimate of drug-likeness (QED) is 0.419. The van der Waals surface area contributed by atoms with E-state index in [4.69, 9.17) is 0 Å². The highest BCUT2D eigenvalue weighted by Gasteiger charge is 2.15. The van der Waals surface area contributed by atoms with Crippen LogP contribution in [0.1, 0.15) is 27.2 Å². The van der Waals surface area contributed by atoms with E-state index in [1.807, 2.05) is 0 Å². The highest BCUT2D eigenvalue weighted by Crippen LogP contribution is 1.90. The molecule has 10 heavy (non-hydrogen) atoms. The molecule has 0 aliphatic heterocycles. The Balaban J connectivity index is 3.56. The summed E-state index contributed by atoms with van der Waals surface area (Å²) < 4.78 is 0. The van der Waals surface area contributed by atoms with Crippen molar-refractivity contribution >= 4 is 0 Å². The zero-order chi connectivity index (χ0) is 7.98. The lowest BCUT2D eigenvalue weighted by atomic mass is 10.4. The van der Waals surface area contributed by atoms with E-state index in [2.05, 4.69) is 37.8 Å². The van der Waals surface area contributed by atoms with Crippen molar-refractivity contribution in [2.24, 2.45) is 0 Å². The van der Waals surface area contributed by atoms with Gasteiger partial charge in [0.05, 0.1) is 0 Å². The second kappa shape index (κ2) is 5.69. The monoisotopic (exact) mass is 144 g/mol. The molecule has 0 aliphatic rings. The summed E-state index contributed by atoms with van der Waals surface area (Å²) in [5.41, 5.74) is 0. The maximum Gasteiger partial charge on any atom is 0.144 e. The van der Waals surface area contributed by atoms with E-state index >= 15 is 0 Å². The first-order chi connectivity index (χ1) is 4.76. The molecule has 1 radical (unpaired) electrons. The molecule has 0 heterocycles. The molecule has 2 heteroatoms. The van der Waals surface area contributed by atoms with Gasteiger partial charge in [-0.3, -0.25) is 0 Å². The topological polar surface area (TPSA) is 9.14 Å². The van der Waals surface area contributed by atoms with Gasteiger partial charge in [-0.2, -0.15) is 0 Å². The molecule has 0 amide bonds. The molecule has 0 saturated heterocycles. The smallest absolute Gasteiger partial charge is 0.110 e. The molecule has 0 N–H and O–H groups in total. The molecule has 0 aliphatic carbocycles. The summed E-state index contributed by atoms with van der Waals surface area (Å²) in [4.78, 5) is 0. The Morgan fingerprint density at radius 3 is 2.10 bits per heavy atom. The fraction of sp³-hybridized carbons (Fsp3) is 1.00. The predicted octanol–water partition coefficient (Wildman–Crippen LogP) is 1.42. The first-order valence-corrected chi connectivity index (χ1v) is 4.22. The molecule has 2 nitrogen and oxygen atoms in total. The highest BCUT2D eigenvalue weighted by molar-refractivity contribution is 4.54. The molecule has 0 rings (SSSR count). The molecule has 0 fully saturated rings. The van der Waals surface area contributed by atoms with Crippen LogP contribution in [0.5, 0.6) is 0 Å². The molecule has 0 aromatic rings. The van der Waals surface area contributed by atoms with Crippen LogP contribution in [0.3, 0.4) is 0 Å². The van der Waals surface area contributed by atoms with E-state index in [9.17, 15) is 0 Å². The Hall–Kier alpha value is -0.0800. The van der Waals surface area contributed by atoms with Gasteiger partial charge in [0, 0.05) is 20.0 Å². The van der Waals surface area contributed by atoms with E-state index in [-0.39, 0.29) is 0 Å². The van der Waals surface area contributed by atoms with Gasteiger partial charge < -0.3 is 0 Å². The average molecular weight is 144 g/mol. The maximum absolute atomic E-state index is 2.36. The lowest BCUT2D eigenvalue weighted by Gasteiger charge is -2.17. The molecule has 0 aromatic carbocycles. The number of nitrogens with zero attached hydrogens (tertiary/aromatic N) is 2. The Kier molecular flexibility index (Phi) is 5.64. The first-order valence-electron chi connectivity index (χ1n) is 4.22. The zero-order valence-corrected chi connectivity index (χ0v) is 7.72. The third kappa shape index (κ3) is 3.18. The minimum atomic E-state index is 1.10. The van der Waals surface area contributed by atoms with Crippen molar-refractivity contribution in [2.45, 2.75) is 27.2 Å². The van der Waals surface area contributed by atoms with E-state index < -0.39 is 0 Å². The molecular formula is C8H20N2+. The number of hydrogen-bond donors (Lipinski definition) is 0. The second-order valence-electron chi connectivity index (χ2n) is 2.52. The van der Waals surface area contributed by atoms with Crippen LogP contribution in [0.4, 0.5) is 0 Å². The van der Waals surface area contributed by atoms with Crippen molar-refractivity contribution < 1.29 is 0 Å². The van der Waals surface area contributed by atoms with Gasteiger partial charge in [0.15, 0.2) is 0 Å². The van der Waals surface area contributed by atoms with Crippen molar-refractivity contribution in [2.75, 3.05) is 26.7 Å². The predicted molar refractivity (Wildman–Crippen MR) is 46.1 cm³/mol. The van der Waals surface area contributed by atoms with E-state index in [1.54, 1.807) is 0 Å². The van der Waals surface area contributed by atoms with E-state index in [1.165, 1.54) is 13.0 Å². The van der Waals surface area contributed by atoms with Crippen LogP contribution >= 0.6 is 0 Å². The zero-order valence-electron chi connectivity index (χ0n) is 7.72. The van der Waals surface area contributed by atoms with Crippen LogP contribution < -0.4 is 5.01 Å². The summed E-state index contributed by atoms with van der Waals surface area (Å²) in [5.74, 6) is 0. The summed E-state index contributed by atoms with van der Waals surface area (Å²) in [6.07, 6.45) is 1.23. The number of hydrazine groups is 1. The summed E-state index contributed by atoms with van der Waals surface area (Å²) in [5, 5.41) is 4.63. The van der Waals surface area contributed by atoms with Gasteiger partial charge in [-0.05, 0) is 13.8 Å². The Labute approximate surface area is 64.8 Å². The lowest BCUT2D eigenvalue weighted by molar-refractivity contribution is 0.110. The Morgan fingerprint density at radius 2 is 1.80 bits per heavy atom. The highest BCUT2D eigenvalue weighted by atomic mass is 15.6. The largest absolute Gasteiger partial charge is 0.144 e. The van der Waals surface area contributed by atoms with Gasteiger partial charge in [-0.1, -0.05) is 11.9 Å². The second-order valence-corrected chi connectivity index (χ2v) is 2.52. The van der Waals surface area contributed by atoms with Crippen molar-refractivity contribution in [1.82, 2.24) is 10.0 Å². The molecule has 0 aromatic heterocycles. The van der Waals surface area contributed by atoms with Crippen LogP contribution in [0.15, 0.2) is 0 Å². The molecule has 0 unspecified atom stereocenters. The normalized spacial score (nSPS) is 11.4. The van der Waals surface area contributed by atoms with Crippen LogP contribution in [0.25, 0.3) is 0 Å². The number of hydrogen-bond acceptors (Lipinski definition) is 2. The molecule has 0 atom stereocenters. The standard InChI is InChI=1S/C8H20N2/c1-5-8-10(7-3)9(4)6-2/h5-8H2,1-4H3/q+1. The minimum Gasteiger partial charge on any atom is -0.110 e. The van der Waals surface area contributed by atoms with Gasteiger partial charge in [0.25, 0.3) is 0 Å². The van der Waals surface area contributed by atoms with Gasteiger partial charge in [0.1, 0.15) is 13.1 Å². The van der Waals surface area contributed by atoms with Crippen LogP contribution in [-0.4, -0.2) is 31.7 Å². The van der Waals surface area contributed by atoms with E-state index in [0.29, 0.717) is 0 Å². The Morgan fingerprint density at radius 1 is 1.20 bits per heavy atom. The van der Waals surface area contributed by atoms with Crippen LogP contribution in [0.2, 0.25) is 0 Å². The fourth-order valence-corrected chi connectivity index (χ4v) is 1.03. The SMILES string of the molecule is CCC[N+](CC)N(C)CC. The van der Waals surface area contributed by atoms with Gasteiger partial charge in [-0.15, -0.1) is 5.01 Å². The summed E-state index contributed by atoms with van der Waals surface area (Å²) >= 11 is 0. The molecule has 61 valence electrons. The molecule has 0 spiro atoms. The summed E-state index contributed by atoms with van der Waals surface area (Å²) in [6.45, 7) is 10.00. The van der Waals surface area contributed by atoms with Gasteiger partial charge in [0.2, 0.25) is 0 Å². The van der Waals surface area contributed by atoms with Crippen LogP contribution in [0, 0.1) is 0 Å². The van der Waals surface area contributed by atoms with Crippen molar-refractivity contribution in [1.29, 1.82) is 0 Å². The third-order valence-electron chi connectivity index (χ3n) is 1.79. The number of rotatable bonds is 5. The average Bonchev–Trinajstić information content (AvgIpc) is 1.99. The molecule has 0 saturated carbocycles. The maximum atomic E-state index is 2.36. The first kappa shape index (κ1) is 9.92.